The lowest BCUT2D eigenvalue weighted by Crippen LogP contribution is -2.33. The molecule has 4 heteroatoms. The van der Waals surface area contributed by atoms with Crippen LogP contribution in [-0.4, -0.2) is 30.9 Å². The summed E-state index contributed by atoms with van der Waals surface area (Å²) in [5, 5.41) is 3.38. The molecule has 0 saturated carbocycles. The van der Waals surface area contributed by atoms with Crippen molar-refractivity contribution in [3.63, 3.8) is 0 Å². The summed E-state index contributed by atoms with van der Waals surface area (Å²) in [5.74, 6) is 0.155. The molecule has 0 aliphatic rings. The molecule has 1 rings (SSSR count). The Morgan fingerprint density at radius 2 is 2.11 bits per heavy atom. The number of hydrogen-bond donors (Lipinski definition) is 1. The van der Waals surface area contributed by atoms with E-state index < -0.39 is 0 Å². The normalized spacial score (nSPS) is 12.3. The Hall–Kier alpha value is -0.870. The molecule has 18 heavy (non-hydrogen) atoms. The molecule has 0 spiro atoms. The first-order chi connectivity index (χ1) is 8.40. The standard InChI is InChI=1S/C14H21BrN2O/c1-10-7-13(15)6-5-12(10)9-16-11(2)8-14(18)17(3)4/h5-7,11,16H,8-9H2,1-4H3/t11-/m1/s1. The Balaban J connectivity index is 2.47. The maximum Gasteiger partial charge on any atom is 0.223 e. The Kier molecular flexibility index (Phi) is 5.82. The average Bonchev–Trinajstić information content (AvgIpc) is 2.27. The molecule has 1 aromatic rings. The molecule has 0 radical (unpaired) electrons. The largest absolute Gasteiger partial charge is 0.349 e. The smallest absolute Gasteiger partial charge is 0.223 e. The van der Waals surface area contributed by atoms with Gasteiger partial charge in [-0.3, -0.25) is 4.79 Å². The Bertz CT molecular complexity index is 418. The fraction of sp³-hybridized carbons (Fsp3) is 0.500. The lowest BCUT2D eigenvalue weighted by molar-refractivity contribution is -0.129. The summed E-state index contributed by atoms with van der Waals surface area (Å²) in [6.45, 7) is 4.92. The van der Waals surface area contributed by atoms with Crippen LogP contribution in [0, 0.1) is 6.92 Å². The molecule has 0 aliphatic carbocycles. The van der Waals surface area contributed by atoms with Gasteiger partial charge in [-0.05, 0) is 37.1 Å². The number of halogens is 1. The summed E-state index contributed by atoms with van der Waals surface area (Å²) in [4.78, 5) is 13.2. The fourth-order valence-corrected chi connectivity index (χ4v) is 2.13. The monoisotopic (exact) mass is 312 g/mol. The van der Waals surface area contributed by atoms with E-state index in [0.717, 1.165) is 11.0 Å². The summed E-state index contributed by atoms with van der Waals surface area (Å²) >= 11 is 3.45. The van der Waals surface area contributed by atoms with Gasteiger partial charge in [0.15, 0.2) is 0 Å². The highest BCUT2D eigenvalue weighted by atomic mass is 79.9. The first-order valence-corrected chi connectivity index (χ1v) is 6.88. The van der Waals surface area contributed by atoms with Crippen LogP contribution < -0.4 is 5.32 Å². The maximum absolute atomic E-state index is 11.6. The number of hydrogen-bond acceptors (Lipinski definition) is 2. The van der Waals surface area contributed by atoms with E-state index in [4.69, 9.17) is 0 Å². The highest BCUT2D eigenvalue weighted by molar-refractivity contribution is 9.10. The lowest BCUT2D eigenvalue weighted by atomic mass is 10.1. The summed E-state index contributed by atoms with van der Waals surface area (Å²) in [6, 6.07) is 6.43. The number of aryl methyl sites for hydroxylation is 1. The van der Waals surface area contributed by atoms with Crippen LogP contribution in [0.2, 0.25) is 0 Å². The van der Waals surface area contributed by atoms with E-state index in [1.165, 1.54) is 11.1 Å². The van der Waals surface area contributed by atoms with E-state index in [2.05, 4.69) is 40.3 Å². The summed E-state index contributed by atoms with van der Waals surface area (Å²) < 4.78 is 1.10. The minimum atomic E-state index is 0.155. The highest BCUT2D eigenvalue weighted by Gasteiger charge is 2.10. The van der Waals surface area contributed by atoms with Crippen LogP contribution in [0.25, 0.3) is 0 Å². The van der Waals surface area contributed by atoms with Crippen molar-refractivity contribution in [2.24, 2.45) is 0 Å². The second-order valence-corrected chi connectivity index (χ2v) is 5.76. The first-order valence-electron chi connectivity index (χ1n) is 6.08. The third-order valence-electron chi connectivity index (χ3n) is 2.93. The SMILES string of the molecule is Cc1cc(Br)ccc1CN[C@H](C)CC(=O)N(C)C. The van der Waals surface area contributed by atoms with Gasteiger partial charge >= 0.3 is 0 Å². The molecular formula is C14H21BrN2O. The lowest BCUT2D eigenvalue weighted by Gasteiger charge is -2.17. The topological polar surface area (TPSA) is 32.3 Å². The van der Waals surface area contributed by atoms with Gasteiger partial charge in [0.05, 0.1) is 0 Å². The van der Waals surface area contributed by atoms with Crippen molar-refractivity contribution in [2.75, 3.05) is 14.1 Å². The molecule has 1 atom stereocenters. The van der Waals surface area contributed by atoms with Gasteiger partial charge in [-0.25, -0.2) is 0 Å². The van der Waals surface area contributed by atoms with Crippen LogP contribution in [0.1, 0.15) is 24.5 Å². The van der Waals surface area contributed by atoms with E-state index in [1.54, 1.807) is 19.0 Å². The molecule has 0 aliphatic heterocycles. The van der Waals surface area contributed by atoms with Crippen molar-refractivity contribution in [1.29, 1.82) is 0 Å². The molecular weight excluding hydrogens is 292 g/mol. The summed E-state index contributed by atoms with van der Waals surface area (Å²) in [6.07, 6.45) is 0.530. The van der Waals surface area contributed by atoms with Gasteiger partial charge in [0.1, 0.15) is 0 Å². The van der Waals surface area contributed by atoms with Gasteiger partial charge in [-0.1, -0.05) is 22.0 Å². The number of carbonyl (C=O) groups is 1. The summed E-state index contributed by atoms with van der Waals surface area (Å²) in [5.41, 5.74) is 2.52. The van der Waals surface area contributed by atoms with Crippen LogP contribution in [0.3, 0.4) is 0 Å². The number of amides is 1. The third kappa shape index (κ3) is 4.78. The molecule has 1 N–H and O–H groups in total. The molecule has 0 aromatic heterocycles. The van der Waals surface area contributed by atoms with Crippen molar-refractivity contribution < 1.29 is 4.79 Å². The molecule has 3 nitrogen and oxygen atoms in total. The number of nitrogens with one attached hydrogen (secondary N) is 1. The quantitative estimate of drug-likeness (QED) is 0.906. The number of carbonyl (C=O) groups excluding carboxylic acids is 1. The summed E-state index contributed by atoms with van der Waals surface area (Å²) in [7, 11) is 3.57. The maximum atomic E-state index is 11.6. The predicted octanol–water partition coefficient (Wildman–Crippen LogP) is 2.71. The van der Waals surface area contributed by atoms with Crippen molar-refractivity contribution >= 4 is 21.8 Å². The Morgan fingerprint density at radius 3 is 2.67 bits per heavy atom. The molecule has 0 heterocycles. The van der Waals surface area contributed by atoms with E-state index in [9.17, 15) is 4.79 Å². The van der Waals surface area contributed by atoms with Gasteiger partial charge in [-0.15, -0.1) is 0 Å². The van der Waals surface area contributed by atoms with Crippen molar-refractivity contribution in [3.8, 4) is 0 Å². The number of benzene rings is 1. The van der Waals surface area contributed by atoms with Gasteiger partial charge in [0, 0.05) is 37.6 Å². The predicted molar refractivity (Wildman–Crippen MR) is 78.5 cm³/mol. The molecule has 0 saturated heterocycles. The second-order valence-electron chi connectivity index (χ2n) is 4.85. The third-order valence-corrected chi connectivity index (χ3v) is 3.42. The first kappa shape index (κ1) is 15.2. The fourth-order valence-electron chi connectivity index (χ4n) is 1.66. The van der Waals surface area contributed by atoms with Gasteiger partial charge in [0.25, 0.3) is 0 Å². The van der Waals surface area contributed by atoms with Gasteiger partial charge < -0.3 is 10.2 Å². The highest BCUT2D eigenvalue weighted by Crippen LogP contribution is 2.15. The van der Waals surface area contributed by atoms with Gasteiger partial charge in [-0.2, -0.15) is 0 Å². The minimum Gasteiger partial charge on any atom is -0.349 e. The van der Waals surface area contributed by atoms with Crippen LogP contribution in [0.5, 0.6) is 0 Å². The van der Waals surface area contributed by atoms with Gasteiger partial charge in [0.2, 0.25) is 5.91 Å². The zero-order chi connectivity index (χ0) is 13.7. The molecule has 1 amide bonds. The average molecular weight is 313 g/mol. The number of rotatable bonds is 5. The van der Waals surface area contributed by atoms with Crippen molar-refractivity contribution in [3.05, 3.63) is 33.8 Å². The van der Waals surface area contributed by atoms with Crippen molar-refractivity contribution in [2.45, 2.75) is 32.9 Å². The van der Waals surface area contributed by atoms with E-state index >= 15 is 0 Å². The van der Waals surface area contributed by atoms with Crippen LogP contribution in [-0.2, 0) is 11.3 Å². The van der Waals surface area contributed by atoms with Crippen LogP contribution in [0.4, 0.5) is 0 Å². The van der Waals surface area contributed by atoms with E-state index in [0.29, 0.717) is 6.42 Å². The van der Waals surface area contributed by atoms with Crippen LogP contribution in [0.15, 0.2) is 22.7 Å². The molecule has 0 bridgehead atoms. The van der Waals surface area contributed by atoms with E-state index in [-0.39, 0.29) is 11.9 Å². The van der Waals surface area contributed by atoms with Crippen LogP contribution >= 0.6 is 15.9 Å². The molecule has 0 fully saturated rings. The Labute approximate surface area is 118 Å². The number of nitrogens with zero attached hydrogens (tertiary/aromatic N) is 1. The zero-order valence-corrected chi connectivity index (χ0v) is 13.0. The molecule has 1 aromatic carbocycles. The zero-order valence-electron chi connectivity index (χ0n) is 11.5. The second kappa shape index (κ2) is 6.90. The van der Waals surface area contributed by atoms with Crippen molar-refractivity contribution in [1.82, 2.24) is 10.2 Å². The minimum absolute atomic E-state index is 0.155. The Morgan fingerprint density at radius 1 is 1.44 bits per heavy atom. The van der Waals surface area contributed by atoms with E-state index in [1.807, 2.05) is 13.0 Å². The molecule has 0 unspecified atom stereocenters. The molecule has 100 valence electrons.